The van der Waals surface area contributed by atoms with Gasteiger partial charge in [0.1, 0.15) is 5.82 Å². The average molecular weight is 396 g/mol. The number of nitrogens with one attached hydrogen (secondary N) is 1. The molecule has 3 aromatic carbocycles. The van der Waals surface area contributed by atoms with Crippen LogP contribution in [0, 0.1) is 5.82 Å². The Bertz CT molecular complexity index is 1060. The lowest BCUT2D eigenvalue weighted by atomic mass is 10.0. The van der Waals surface area contributed by atoms with Crippen molar-refractivity contribution in [3.63, 3.8) is 0 Å². The molecule has 1 amide bonds. The second-order valence-electron chi connectivity index (χ2n) is 5.93. The largest absolute Gasteiger partial charge is 0.478 e. The second-order valence-corrected chi connectivity index (χ2v) is 6.33. The molecular formula is C22H15ClFNO3. The van der Waals surface area contributed by atoms with Gasteiger partial charge in [-0.05, 0) is 47.0 Å². The van der Waals surface area contributed by atoms with E-state index < -0.39 is 17.7 Å². The van der Waals surface area contributed by atoms with E-state index in [0.717, 1.165) is 11.6 Å². The van der Waals surface area contributed by atoms with E-state index in [-0.39, 0.29) is 16.3 Å². The third-order valence-corrected chi connectivity index (χ3v) is 4.30. The number of rotatable bonds is 5. The van der Waals surface area contributed by atoms with Crippen molar-refractivity contribution in [2.45, 2.75) is 0 Å². The number of hydrogen-bond acceptors (Lipinski definition) is 2. The van der Waals surface area contributed by atoms with Crippen LogP contribution in [-0.2, 0) is 4.79 Å². The number of hydrogen-bond donors (Lipinski definition) is 2. The number of amides is 1. The fraction of sp³-hybridized carbons (Fsp3) is 0. The number of anilines is 1. The molecule has 0 saturated heterocycles. The van der Waals surface area contributed by atoms with Crippen molar-refractivity contribution in [2.75, 3.05) is 5.32 Å². The van der Waals surface area contributed by atoms with Gasteiger partial charge in [0.2, 0.25) is 0 Å². The number of halogens is 2. The first-order chi connectivity index (χ1) is 13.4. The summed E-state index contributed by atoms with van der Waals surface area (Å²) in [5.41, 5.74) is 2.22. The van der Waals surface area contributed by atoms with Crippen LogP contribution in [0.4, 0.5) is 10.1 Å². The van der Waals surface area contributed by atoms with Gasteiger partial charge >= 0.3 is 5.97 Å². The van der Waals surface area contributed by atoms with Gasteiger partial charge in [-0.15, -0.1) is 0 Å². The van der Waals surface area contributed by atoms with Gasteiger partial charge in [-0.25, -0.2) is 9.18 Å². The first kappa shape index (κ1) is 19.3. The summed E-state index contributed by atoms with van der Waals surface area (Å²) >= 11 is 6.11. The highest BCUT2D eigenvalue weighted by atomic mass is 35.5. The van der Waals surface area contributed by atoms with Crippen LogP contribution in [0.25, 0.3) is 17.2 Å². The molecule has 140 valence electrons. The van der Waals surface area contributed by atoms with Crippen LogP contribution in [0.3, 0.4) is 0 Å². The van der Waals surface area contributed by atoms with Gasteiger partial charge in [-0.2, -0.15) is 0 Å². The van der Waals surface area contributed by atoms with Crippen LogP contribution >= 0.6 is 11.6 Å². The van der Waals surface area contributed by atoms with E-state index in [1.807, 2.05) is 30.3 Å². The Kier molecular flexibility index (Phi) is 5.87. The molecule has 0 unspecified atom stereocenters. The lowest BCUT2D eigenvalue weighted by Gasteiger charge is -2.10. The molecule has 0 atom stereocenters. The molecule has 0 aliphatic carbocycles. The van der Waals surface area contributed by atoms with Gasteiger partial charge in [-0.1, -0.05) is 54.1 Å². The van der Waals surface area contributed by atoms with Crippen molar-refractivity contribution >= 4 is 35.2 Å². The molecule has 3 rings (SSSR count). The standard InChI is InChI=1S/C22H15ClFNO3/c23-18-9-6-14(7-11-21(26)27)12-20(18)25-22(28)17-13-16(8-10-19(17)24)15-4-2-1-3-5-15/h1-13H,(H,25,28)(H,26,27)/b11-7+. The van der Waals surface area contributed by atoms with Crippen molar-refractivity contribution in [3.05, 3.63) is 94.8 Å². The molecule has 0 radical (unpaired) electrons. The average Bonchev–Trinajstić information content (AvgIpc) is 2.69. The summed E-state index contributed by atoms with van der Waals surface area (Å²) < 4.78 is 14.3. The zero-order valence-electron chi connectivity index (χ0n) is 14.5. The maximum absolute atomic E-state index is 14.3. The Morgan fingerprint density at radius 3 is 2.43 bits per heavy atom. The number of benzene rings is 3. The first-order valence-corrected chi connectivity index (χ1v) is 8.69. The molecule has 28 heavy (non-hydrogen) atoms. The maximum atomic E-state index is 14.3. The smallest absolute Gasteiger partial charge is 0.328 e. The molecule has 6 heteroatoms. The lowest BCUT2D eigenvalue weighted by molar-refractivity contribution is -0.131. The highest BCUT2D eigenvalue weighted by Crippen LogP contribution is 2.26. The van der Waals surface area contributed by atoms with E-state index >= 15 is 0 Å². The van der Waals surface area contributed by atoms with Gasteiger partial charge in [-0.3, -0.25) is 4.79 Å². The normalized spacial score (nSPS) is 10.8. The molecule has 0 aliphatic heterocycles. The summed E-state index contributed by atoms with van der Waals surface area (Å²) in [4.78, 5) is 23.3. The highest BCUT2D eigenvalue weighted by molar-refractivity contribution is 6.34. The minimum Gasteiger partial charge on any atom is -0.478 e. The summed E-state index contributed by atoms with van der Waals surface area (Å²) in [6.45, 7) is 0. The van der Waals surface area contributed by atoms with E-state index in [0.29, 0.717) is 11.1 Å². The van der Waals surface area contributed by atoms with Crippen LogP contribution in [0.2, 0.25) is 5.02 Å². The minimum absolute atomic E-state index is 0.121. The summed E-state index contributed by atoms with van der Waals surface area (Å²) in [6, 6.07) is 18.3. The molecule has 0 aliphatic rings. The Morgan fingerprint density at radius 1 is 0.964 bits per heavy atom. The molecule has 3 aromatic rings. The lowest BCUT2D eigenvalue weighted by Crippen LogP contribution is -2.14. The van der Waals surface area contributed by atoms with Crippen molar-refractivity contribution in [1.29, 1.82) is 0 Å². The molecule has 0 spiro atoms. The summed E-state index contributed by atoms with van der Waals surface area (Å²) in [7, 11) is 0. The first-order valence-electron chi connectivity index (χ1n) is 8.31. The van der Waals surface area contributed by atoms with Crippen molar-refractivity contribution in [3.8, 4) is 11.1 Å². The molecule has 0 fully saturated rings. The Morgan fingerprint density at radius 2 is 1.71 bits per heavy atom. The number of carbonyl (C=O) groups excluding carboxylic acids is 1. The van der Waals surface area contributed by atoms with Crippen LogP contribution in [0.5, 0.6) is 0 Å². The maximum Gasteiger partial charge on any atom is 0.328 e. The molecule has 2 N–H and O–H groups in total. The zero-order chi connectivity index (χ0) is 20.1. The van der Waals surface area contributed by atoms with Crippen LogP contribution in [0.15, 0.2) is 72.8 Å². The number of carboxylic acids is 1. The van der Waals surface area contributed by atoms with E-state index in [4.69, 9.17) is 16.7 Å². The van der Waals surface area contributed by atoms with Crippen molar-refractivity contribution < 1.29 is 19.1 Å². The Labute approximate surface area is 165 Å². The second kappa shape index (κ2) is 8.50. The van der Waals surface area contributed by atoms with E-state index in [9.17, 15) is 14.0 Å². The van der Waals surface area contributed by atoms with Gasteiger partial charge in [0.25, 0.3) is 5.91 Å². The zero-order valence-corrected chi connectivity index (χ0v) is 15.3. The molecular weight excluding hydrogens is 381 g/mol. The van der Waals surface area contributed by atoms with Crippen LogP contribution in [0.1, 0.15) is 15.9 Å². The summed E-state index contributed by atoms with van der Waals surface area (Å²) in [6.07, 6.45) is 2.34. The fourth-order valence-corrected chi connectivity index (χ4v) is 2.77. The van der Waals surface area contributed by atoms with Gasteiger partial charge in [0, 0.05) is 6.08 Å². The molecule has 0 aromatic heterocycles. The van der Waals surface area contributed by atoms with Gasteiger partial charge in [0.15, 0.2) is 0 Å². The number of carboxylic acid groups (broad SMARTS) is 1. The predicted octanol–water partition coefficient (Wildman–Crippen LogP) is 5.50. The van der Waals surface area contributed by atoms with Crippen LogP contribution in [-0.4, -0.2) is 17.0 Å². The number of aliphatic carboxylic acids is 1. The number of carbonyl (C=O) groups is 2. The van der Waals surface area contributed by atoms with E-state index in [1.165, 1.54) is 30.3 Å². The Balaban J connectivity index is 1.89. The summed E-state index contributed by atoms with van der Waals surface area (Å²) in [5, 5.41) is 11.6. The quantitative estimate of drug-likeness (QED) is 0.561. The SMILES string of the molecule is O=C(O)/C=C/c1ccc(Cl)c(NC(=O)c2cc(-c3ccccc3)ccc2F)c1. The third kappa shape index (κ3) is 4.64. The van der Waals surface area contributed by atoms with E-state index in [1.54, 1.807) is 12.1 Å². The molecule has 0 heterocycles. The molecule has 4 nitrogen and oxygen atoms in total. The van der Waals surface area contributed by atoms with Crippen molar-refractivity contribution in [1.82, 2.24) is 0 Å². The summed E-state index contributed by atoms with van der Waals surface area (Å²) in [5.74, 6) is -2.41. The highest BCUT2D eigenvalue weighted by Gasteiger charge is 2.15. The topological polar surface area (TPSA) is 66.4 Å². The predicted molar refractivity (Wildman–Crippen MR) is 108 cm³/mol. The minimum atomic E-state index is -1.10. The fourth-order valence-electron chi connectivity index (χ4n) is 2.61. The van der Waals surface area contributed by atoms with Crippen molar-refractivity contribution in [2.24, 2.45) is 0 Å². The Hall–Kier alpha value is -3.44. The van der Waals surface area contributed by atoms with E-state index in [2.05, 4.69) is 5.32 Å². The third-order valence-electron chi connectivity index (χ3n) is 3.98. The van der Waals surface area contributed by atoms with Crippen LogP contribution < -0.4 is 5.32 Å². The monoisotopic (exact) mass is 395 g/mol. The van der Waals surface area contributed by atoms with Gasteiger partial charge in [0.05, 0.1) is 16.3 Å². The van der Waals surface area contributed by atoms with Gasteiger partial charge < -0.3 is 10.4 Å². The molecule has 0 saturated carbocycles. The molecule has 0 bridgehead atoms.